The summed E-state index contributed by atoms with van der Waals surface area (Å²) >= 11 is 7.19. The molecule has 7 nitrogen and oxygen atoms in total. The molecular formula is C19H22ClN5O2S. The van der Waals surface area contributed by atoms with Crippen LogP contribution in [0.25, 0.3) is 11.0 Å². The van der Waals surface area contributed by atoms with Gasteiger partial charge >= 0.3 is 0 Å². The van der Waals surface area contributed by atoms with Gasteiger partial charge in [-0.05, 0) is 38.5 Å². The highest BCUT2D eigenvalue weighted by Crippen LogP contribution is 2.21. The fourth-order valence-electron chi connectivity index (χ4n) is 2.94. The van der Waals surface area contributed by atoms with Crippen LogP contribution in [0, 0.1) is 6.92 Å². The average Bonchev–Trinajstić information content (AvgIpc) is 2.98. The first-order valence-corrected chi connectivity index (χ1v) is 10.5. The number of thioether (sulfide) groups is 1. The largest absolute Gasteiger partial charge is 0.325 e. The number of rotatable bonds is 7. The Bertz CT molecular complexity index is 1080. The maximum atomic E-state index is 13.0. The lowest BCUT2D eigenvalue weighted by Crippen LogP contribution is -2.25. The van der Waals surface area contributed by atoms with Crippen molar-refractivity contribution in [3.8, 4) is 0 Å². The minimum atomic E-state index is -0.189. The minimum absolute atomic E-state index is 0.118. The van der Waals surface area contributed by atoms with Crippen LogP contribution in [0.2, 0.25) is 5.02 Å². The van der Waals surface area contributed by atoms with Crippen LogP contribution in [-0.2, 0) is 17.9 Å². The Morgan fingerprint density at radius 1 is 1.32 bits per heavy atom. The van der Waals surface area contributed by atoms with E-state index in [9.17, 15) is 9.59 Å². The zero-order chi connectivity index (χ0) is 20.3. The number of fused-ring (bicyclic) bond motifs is 1. The summed E-state index contributed by atoms with van der Waals surface area (Å²) in [5, 5.41) is 8.30. The fourth-order valence-corrected chi connectivity index (χ4v) is 3.95. The Kier molecular flexibility index (Phi) is 6.41. The Morgan fingerprint density at radius 3 is 2.79 bits per heavy atom. The number of amides is 1. The molecule has 148 valence electrons. The number of carbonyl (C=O) groups excluding carboxylic acids is 1. The Hall–Kier alpha value is -2.32. The van der Waals surface area contributed by atoms with E-state index in [1.807, 2.05) is 20.8 Å². The Balaban J connectivity index is 1.87. The molecule has 3 aromatic rings. The van der Waals surface area contributed by atoms with E-state index >= 15 is 0 Å². The molecule has 0 radical (unpaired) electrons. The third-order valence-corrected chi connectivity index (χ3v) is 5.38. The van der Waals surface area contributed by atoms with Gasteiger partial charge in [0.25, 0.3) is 5.56 Å². The van der Waals surface area contributed by atoms with E-state index in [1.165, 1.54) is 11.8 Å². The lowest BCUT2D eigenvalue weighted by molar-refractivity contribution is -0.113. The lowest BCUT2D eigenvalue weighted by Gasteiger charge is -2.12. The first-order chi connectivity index (χ1) is 13.4. The molecule has 0 saturated heterocycles. The summed E-state index contributed by atoms with van der Waals surface area (Å²) in [5.74, 6) is -0.0552. The van der Waals surface area contributed by atoms with Crippen LogP contribution in [0.4, 0.5) is 5.69 Å². The molecule has 28 heavy (non-hydrogen) atoms. The Morgan fingerprint density at radius 2 is 2.11 bits per heavy atom. The molecule has 3 rings (SSSR count). The van der Waals surface area contributed by atoms with Gasteiger partial charge in [0.15, 0.2) is 10.7 Å². The smallest absolute Gasteiger partial charge is 0.280 e. The van der Waals surface area contributed by atoms with Crippen LogP contribution >= 0.6 is 23.4 Å². The minimum Gasteiger partial charge on any atom is -0.325 e. The van der Waals surface area contributed by atoms with Gasteiger partial charge in [0.05, 0.1) is 11.4 Å². The van der Waals surface area contributed by atoms with Crippen molar-refractivity contribution in [3.63, 3.8) is 0 Å². The van der Waals surface area contributed by atoms with Gasteiger partial charge in [0.1, 0.15) is 5.52 Å². The van der Waals surface area contributed by atoms with Crippen LogP contribution < -0.4 is 10.9 Å². The fraction of sp³-hybridized carbons (Fsp3) is 0.368. The summed E-state index contributed by atoms with van der Waals surface area (Å²) in [4.78, 5) is 30.0. The summed E-state index contributed by atoms with van der Waals surface area (Å²) in [5.41, 5.74) is 2.33. The van der Waals surface area contributed by atoms with Crippen molar-refractivity contribution in [3.05, 3.63) is 45.3 Å². The number of aromatic nitrogens is 4. The molecule has 0 fully saturated rings. The SMILES string of the molecule is CCCn1c(SCC(=O)Nc2cccc(Cl)c2)nc2c(C)nn(CC)c2c1=O. The number of hydrogen-bond acceptors (Lipinski definition) is 5. The molecule has 0 aliphatic heterocycles. The van der Waals surface area contributed by atoms with Crippen molar-refractivity contribution in [2.45, 2.75) is 45.4 Å². The number of anilines is 1. The normalized spacial score (nSPS) is 11.1. The number of nitrogens with one attached hydrogen (secondary N) is 1. The highest BCUT2D eigenvalue weighted by Gasteiger charge is 2.18. The van der Waals surface area contributed by atoms with Crippen LogP contribution in [0.1, 0.15) is 26.0 Å². The van der Waals surface area contributed by atoms with E-state index in [-0.39, 0.29) is 17.2 Å². The van der Waals surface area contributed by atoms with Crippen LogP contribution in [0.15, 0.2) is 34.2 Å². The highest BCUT2D eigenvalue weighted by atomic mass is 35.5. The van der Waals surface area contributed by atoms with E-state index in [1.54, 1.807) is 33.5 Å². The lowest BCUT2D eigenvalue weighted by atomic mass is 10.3. The monoisotopic (exact) mass is 419 g/mol. The molecule has 0 spiro atoms. The molecule has 0 atom stereocenters. The second kappa shape index (κ2) is 8.79. The summed E-state index contributed by atoms with van der Waals surface area (Å²) in [7, 11) is 0. The van der Waals surface area contributed by atoms with E-state index in [0.717, 1.165) is 6.42 Å². The van der Waals surface area contributed by atoms with E-state index in [0.29, 0.717) is 45.7 Å². The van der Waals surface area contributed by atoms with Gasteiger partial charge in [-0.3, -0.25) is 18.8 Å². The van der Waals surface area contributed by atoms with E-state index < -0.39 is 0 Å². The molecule has 2 heterocycles. The van der Waals surface area contributed by atoms with Crippen LogP contribution in [0.3, 0.4) is 0 Å². The van der Waals surface area contributed by atoms with Gasteiger partial charge in [-0.25, -0.2) is 4.98 Å². The third kappa shape index (κ3) is 4.23. The molecule has 0 aliphatic carbocycles. The second-order valence-electron chi connectivity index (χ2n) is 6.30. The quantitative estimate of drug-likeness (QED) is 0.466. The van der Waals surface area contributed by atoms with Crippen LogP contribution in [0.5, 0.6) is 0 Å². The molecule has 1 aromatic carbocycles. The number of carbonyl (C=O) groups is 1. The predicted octanol–water partition coefficient (Wildman–Crippen LogP) is 3.72. The summed E-state index contributed by atoms with van der Waals surface area (Å²) in [6.07, 6.45) is 0.786. The molecule has 0 aliphatic rings. The molecule has 0 unspecified atom stereocenters. The first kappa shape index (κ1) is 20.4. The molecular weight excluding hydrogens is 398 g/mol. The third-order valence-electron chi connectivity index (χ3n) is 4.17. The average molecular weight is 420 g/mol. The second-order valence-corrected chi connectivity index (χ2v) is 7.68. The molecule has 0 saturated carbocycles. The van der Waals surface area contributed by atoms with Crippen molar-refractivity contribution in [1.82, 2.24) is 19.3 Å². The van der Waals surface area contributed by atoms with Crippen molar-refractivity contribution in [1.29, 1.82) is 0 Å². The molecule has 2 aromatic heterocycles. The van der Waals surface area contributed by atoms with Gasteiger partial charge in [-0.1, -0.05) is 36.4 Å². The zero-order valence-corrected chi connectivity index (χ0v) is 17.6. The summed E-state index contributed by atoms with van der Waals surface area (Å²) < 4.78 is 3.32. The van der Waals surface area contributed by atoms with Crippen LogP contribution in [-0.4, -0.2) is 31.0 Å². The van der Waals surface area contributed by atoms with Crippen molar-refractivity contribution < 1.29 is 4.79 Å². The molecule has 0 bridgehead atoms. The van der Waals surface area contributed by atoms with Crippen molar-refractivity contribution in [2.24, 2.45) is 0 Å². The first-order valence-electron chi connectivity index (χ1n) is 9.10. The standard InChI is InChI=1S/C19H22ClN5O2S/c1-4-9-24-18(27)17-16(12(3)23-25(17)5-2)22-19(24)28-11-15(26)21-14-8-6-7-13(20)10-14/h6-8,10H,4-5,9,11H2,1-3H3,(H,21,26). The zero-order valence-electron chi connectivity index (χ0n) is 16.0. The number of benzene rings is 1. The van der Waals surface area contributed by atoms with Gasteiger partial charge in [-0.2, -0.15) is 5.10 Å². The number of halogens is 1. The van der Waals surface area contributed by atoms with Gasteiger partial charge in [-0.15, -0.1) is 0 Å². The highest BCUT2D eigenvalue weighted by molar-refractivity contribution is 7.99. The molecule has 1 amide bonds. The van der Waals surface area contributed by atoms with Crippen molar-refractivity contribution in [2.75, 3.05) is 11.1 Å². The molecule has 1 N–H and O–H groups in total. The maximum Gasteiger partial charge on any atom is 0.280 e. The summed E-state index contributed by atoms with van der Waals surface area (Å²) in [6, 6.07) is 6.97. The number of nitrogens with zero attached hydrogens (tertiary/aromatic N) is 4. The van der Waals surface area contributed by atoms with E-state index in [4.69, 9.17) is 11.6 Å². The van der Waals surface area contributed by atoms with Gasteiger partial charge in [0, 0.05) is 23.8 Å². The van der Waals surface area contributed by atoms with Gasteiger partial charge < -0.3 is 5.32 Å². The number of aryl methyl sites for hydroxylation is 2. The topological polar surface area (TPSA) is 81.8 Å². The predicted molar refractivity (Wildman–Crippen MR) is 113 cm³/mol. The van der Waals surface area contributed by atoms with Gasteiger partial charge in [0.2, 0.25) is 5.91 Å². The Labute approximate surface area is 172 Å². The maximum absolute atomic E-state index is 13.0. The number of hydrogen-bond donors (Lipinski definition) is 1. The molecule has 9 heteroatoms. The summed E-state index contributed by atoms with van der Waals surface area (Å²) in [6.45, 7) is 6.92. The van der Waals surface area contributed by atoms with Crippen molar-refractivity contribution >= 4 is 46.0 Å². The van der Waals surface area contributed by atoms with E-state index in [2.05, 4.69) is 15.4 Å².